The summed E-state index contributed by atoms with van der Waals surface area (Å²) in [5.74, 6) is -1.30. The first-order valence-electron chi connectivity index (χ1n) is 16.9. The first kappa shape index (κ1) is 38.7. The van der Waals surface area contributed by atoms with Crippen molar-refractivity contribution in [1.82, 2.24) is 15.4 Å². The molecule has 0 saturated carbocycles. The molecular weight excluding hydrogens is 701 g/mol. The predicted octanol–water partition coefficient (Wildman–Crippen LogP) is 4.27. The number of carbonyl (C=O) groups is 3. The van der Waals surface area contributed by atoms with Crippen LogP contribution < -0.4 is 20.3 Å². The third-order valence-electron chi connectivity index (χ3n) is 8.85. The number of β-amino-alcohol motifs (C(OH)–C–C–N with tert-alkyl or cyclic N) is 1. The molecule has 11 nitrogen and oxygen atoms in total. The highest BCUT2D eigenvalue weighted by molar-refractivity contribution is 7.98. The number of nitrogens with one attached hydrogen (secondary N) is 3. The number of nitrogens with zero attached hydrogens (tertiary/aromatic N) is 1. The van der Waals surface area contributed by atoms with Gasteiger partial charge in [0.1, 0.15) is 6.04 Å². The molecule has 52 heavy (non-hydrogen) atoms. The molecule has 1 aliphatic rings. The van der Waals surface area contributed by atoms with Crippen LogP contribution in [0.3, 0.4) is 0 Å². The van der Waals surface area contributed by atoms with Crippen molar-refractivity contribution in [2.75, 3.05) is 24.3 Å². The fourth-order valence-corrected chi connectivity index (χ4v) is 7.75. The quantitative estimate of drug-likeness (QED) is 0.119. The van der Waals surface area contributed by atoms with Gasteiger partial charge in [0.25, 0.3) is 15.9 Å². The van der Waals surface area contributed by atoms with Crippen LogP contribution in [0.15, 0.2) is 107 Å². The Morgan fingerprint density at radius 1 is 0.981 bits per heavy atom. The lowest BCUT2D eigenvalue weighted by atomic mass is 9.99. The summed E-state index contributed by atoms with van der Waals surface area (Å²) in [7, 11) is -4.22. The van der Waals surface area contributed by atoms with E-state index < -0.39 is 40.2 Å². The standard InChI is InChI=1S/C39H44N4O7S2/c1-39(2,40-23-30(45)25-44)22-36(46)41-33-19-17-29-21-31(51-3)18-20-34(29)43(38(33)48)24-26-13-15-27(16-14-26)32-11-7-8-12-35(32)52(49,50)42-37(47)28-9-5-4-6-10-28/h4-16,18,20-21,30,33,40,44-45H,17,19,22-25H2,1-3H3,(H,41,46)(H,42,47)/t30-,33+/m0/s1. The van der Waals surface area contributed by atoms with Crippen molar-refractivity contribution >= 4 is 45.2 Å². The van der Waals surface area contributed by atoms with Crippen molar-refractivity contribution in [3.63, 3.8) is 0 Å². The van der Waals surface area contributed by atoms with Crippen molar-refractivity contribution in [1.29, 1.82) is 0 Å². The summed E-state index contributed by atoms with van der Waals surface area (Å²) < 4.78 is 29.0. The maximum atomic E-state index is 14.2. The van der Waals surface area contributed by atoms with Crippen molar-refractivity contribution in [3.05, 3.63) is 114 Å². The number of rotatable bonds is 14. The summed E-state index contributed by atoms with van der Waals surface area (Å²) in [6.07, 6.45) is 2.07. The molecular formula is C39H44N4O7S2. The van der Waals surface area contributed by atoms with E-state index in [1.807, 2.05) is 44.4 Å². The minimum absolute atomic E-state index is 0.0465. The zero-order chi connectivity index (χ0) is 37.5. The molecule has 4 aromatic carbocycles. The second-order valence-corrected chi connectivity index (χ2v) is 15.9. The topological polar surface area (TPSA) is 165 Å². The minimum Gasteiger partial charge on any atom is -0.394 e. The van der Waals surface area contributed by atoms with Gasteiger partial charge in [-0.1, -0.05) is 60.7 Å². The van der Waals surface area contributed by atoms with Gasteiger partial charge in [-0.3, -0.25) is 14.4 Å². The number of hydrogen-bond donors (Lipinski definition) is 5. The van der Waals surface area contributed by atoms with Crippen molar-refractivity contribution < 1.29 is 33.0 Å². The highest BCUT2D eigenvalue weighted by atomic mass is 32.2. The van der Waals surface area contributed by atoms with Crippen LogP contribution in [0.4, 0.5) is 5.69 Å². The van der Waals surface area contributed by atoms with E-state index in [2.05, 4.69) is 21.4 Å². The Bertz CT molecular complexity index is 2000. The van der Waals surface area contributed by atoms with Crippen molar-refractivity contribution in [3.8, 4) is 11.1 Å². The number of anilines is 1. The lowest BCUT2D eigenvalue weighted by Crippen LogP contribution is -2.51. The summed E-state index contributed by atoms with van der Waals surface area (Å²) in [5.41, 5.74) is 3.08. The van der Waals surface area contributed by atoms with Crippen LogP contribution in [0.5, 0.6) is 0 Å². The summed E-state index contributed by atoms with van der Waals surface area (Å²) >= 11 is 1.61. The first-order chi connectivity index (χ1) is 24.8. The normalized spacial score (nSPS) is 15.4. The monoisotopic (exact) mass is 744 g/mol. The molecule has 5 N–H and O–H groups in total. The van der Waals surface area contributed by atoms with Crippen LogP contribution in [0.2, 0.25) is 0 Å². The number of aliphatic hydroxyl groups excluding tert-OH is 2. The predicted molar refractivity (Wildman–Crippen MR) is 202 cm³/mol. The van der Waals surface area contributed by atoms with Crippen molar-refractivity contribution in [2.45, 2.75) is 67.1 Å². The second kappa shape index (κ2) is 16.9. The summed E-state index contributed by atoms with van der Waals surface area (Å²) in [4.78, 5) is 42.8. The molecule has 0 unspecified atom stereocenters. The molecule has 4 aromatic rings. The molecule has 0 saturated heterocycles. The minimum atomic E-state index is -4.22. The summed E-state index contributed by atoms with van der Waals surface area (Å²) in [6, 6.07) is 27.0. The number of hydrogen-bond acceptors (Lipinski definition) is 9. The van der Waals surface area contributed by atoms with Crippen LogP contribution >= 0.6 is 11.8 Å². The lowest BCUT2D eigenvalue weighted by molar-refractivity contribution is -0.128. The lowest BCUT2D eigenvalue weighted by Gasteiger charge is -2.29. The Kier molecular flexibility index (Phi) is 12.6. The molecule has 0 bridgehead atoms. The largest absolute Gasteiger partial charge is 0.394 e. The fourth-order valence-electron chi connectivity index (χ4n) is 6.08. The number of fused-ring (bicyclic) bond motifs is 1. The van der Waals surface area contributed by atoms with E-state index in [-0.39, 0.29) is 41.8 Å². The number of amides is 3. The molecule has 0 aromatic heterocycles. The van der Waals surface area contributed by atoms with Crippen LogP contribution in [-0.2, 0) is 32.6 Å². The molecule has 274 valence electrons. The van der Waals surface area contributed by atoms with Gasteiger partial charge < -0.3 is 25.7 Å². The number of aryl methyl sites for hydroxylation is 1. The van der Waals surface area contributed by atoms with E-state index in [4.69, 9.17) is 5.11 Å². The molecule has 0 fully saturated rings. The molecule has 2 atom stereocenters. The number of carbonyl (C=O) groups excluding carboxylic acids is 3. The van der Waals surface area contributed by atoms with Gasteiger partial charge in [-0.2, -0.15) is 0 Å². The van der Waals surface area contributed by atoms with Crippen LogP contribution in [0, 0.1) is 0 Å². The zero-order valence-corrected chi connectivity index (χ0v) is 31.0. The number of sulfonamides is 1. The Balaban J connectivity index is 1.37. The number of aliphatic hydroxyl groups is 2. The third kappa shape index (κ3) is 9.66. The molecule has 5 rings (SSSR count). The summed E-state index contributed by atoms with van der Waals surface area (Å²) in [6.45, 7) is 3.56. The summed E-state index contributed by atoms with van der Waals surface area (Å²) in [5, 5.41) is 24.9. The maximum Gasteiger partial charge on any atom is 0.264 e. The van der Waals surface area contributed by atoms with E-state index in [0.717, 1.165) is 21.7 Å². The number of benzene rings is 4. The Hall–Kier alpha value is -4.53. The van der Waals surface area contributed by atoms with Crippen LogP contribution in [0.1, 0.15) is 48.2 Å². The molecule has 0 radical (unpaired) electrons. The molecule has 3 amide bonds. The van der Waals surface area contributed by atoms with Crippen molar-refractivity contribution in [2.24, 2.45) is 0 Å². The second-order valence-electron chi connectivity index (χ2n) is 13.3. The van der Waals surface area contributed by atoms with E-state index in [1.54, 1.807) is 65.2 Å². The van der Waals surface area contributed by atoms with Gasteiger partial charge >= 0.3 is 0 Å². The van der Waals surface area contributed by atoms with E-state index >= 15 is 0 Å². The third-order valence-corrected chi connectivity index (χ3v) is 11.0. The van der Waals surface area contributed by atoms with E-state index in [9.17, 15) is 27.9 Å². The van der Waals surface area contributed by atoms with Crippen LogP contribution in [0.25, 0.3) is 11.1 Å². The molecule has 13 heteroatoms. The molecule has 1 aliphatic heterocycles. The zero-order valence-electron chi connectivity index (χ0n) is 29.3. The highest BCUT2D eigenvalue weighted by Gasteiger charge is 2.33. The van der Waals surface area contributed by atoms with Gasteiger partial charge in [-0.15, -0.1) is 11.8 Å². The van der Waals surface area contributed by atoms with Gasteiger partial charge in [0.15, 0.2) is 0 Å². The van der Waals surface area contributed by atoms with Crippen LogP contribution in [-0.4, -0.2) is 73.4 Å². The maximum absolute atomic E-state index is 14.2. The molecule has 0 spiro atoms. The molecule has 0 aliphatic carbocycles. The van der Waals surface area contributed by atoms with E-state index in [0.29, 0.717) is 24.0 Å². The van der Waals surface area contributed by atoms with Gasteiger partial charge in [-0.25, -0.2) is 13.1 Å². The highest BCUT2D eigenvalue weighted by Crippen LogP contribution is 2.33. The van der Waals surface area contributed by atoms with Gasteiger partial charge in [0.2, 0.25) is 11.8 Å². The first-order valence-corrected chi connectivity index (χ1v) is 19.6. The fraction of sp³-hybridized carbons (Fsp3) is 0.308. The van der Waals surface area contributed by atoms with Gasteiger partial charge in [0.05, 0.1) is 24.2 Å². The number of thioether (sulfide) groups is 1. The van der Waals surface area contributed by atoms with E-state index in [1.165, 1.54) is 18.2 Å². The van der Waals surface area contributed by atoms with Gasteiger partial charge in [-0.05, 0) is 86.0 Å². The Labute approximate surface area is 308 Å². The molecule has 1 heterocycles. The average molecular weight is 745 g/mol. The smallest absolute Gasteiger partial charge is 0.264 e. The Morgan fingerprint density at radius 2 is 1.67 bits per heavy atom. The average Bonchev–Trinajstić information content (AvgIpc) is 3.26. The van der Waals surface area contributed by atoms with Gasteiger partial charge in [0, 0.05) is 40.2 Å². The SMILES string of the molecule is CSc1ccc2c(c1)CC[C@@H](NC(=O)CC(C)(C)NC[C@H](O)CO)C(=O)N2Cc1ccc(-c2ccccc2S(=O)(=O)NC(=O)c2ccccc2)cc1. The Morgan fingerprint density at radius 3 is 2.37 bits per heavy atom.